The molecule has 6 heavy (non-hydrogen) atoms. The van der Waals surface area contributed by atoms with Crippen molar-refractivity contribution in [3.05, 3.63) is 6.04 Å². The Morgan fingerprint density at radius 3 is 2.00 bits per heavy atom. The summed E-state index contributed by atoms with van der Waals surface area (Å²) < 4.78 is 0. The number of hydrogen-bond acceptors (Lipinski definition) is 1. The van der Waals surface area contributed by atoms with Crippen molar-refractivity contribution in [3.8, 4) is 0 Å². The van der Waals surface area contributed by atoms with E-state index in [-0.39, 0.29) is 0 Å². The van der Waals surface area contributed by atoms with E-state index < -0.39 is 0 Å². The molecule has 0 amide bonds. The lowest BCUT2D eigenvalue weighted by molar-refractivity contribution is 0.661. The minimum atomic E-state index is 1.36. The quantitative estimate of drug-likeness (QED) is 0.419. The topological polar surface area (TPSA) is 3.01 Å². The van der Waals surface area contributed by atoms with E-state index in [9.17, 15) is 0 Å². The fourth-order valence-electron chi connectivity index (χ4n) is 0.738. The number of nitrogens with zero attached hydrogens (tertiary/aromatic N) is 1. The monoisotopic (exact) mass is 82.1 g/mol. The second-order valence-corrected chi connectivity index (χ2v) is 2.05. The molecule has 1 nitrogen and oxygen atoms in total. The van der Waals surface area contributed by atoms with Crippen molar-refractivity contribution < 1.29 is 0 Å². The second kappa shape index (κ2) is 0.784. The summed E-state index contributed by atoms with van der Waals surface area (Å²) in [4.78, 5) is 2.44. The highest BCUT2D eigenvalue weighted by molar-refractivity contribution is 5.09. The Hall–Kier alpha value is -0.0400. The van der Waals surface area contributed by atoms with Gasteiger partial charge in [-0.2, -0.15) is 0 Å². The fourth-order valence-corrected chi connectivity index (χ4v) is 0.738. The molecular weight excluding hydrogens is 74.1 g/mol. The van der Waals surface area contributed by atoms with Crippen LogP contribution in [0, 0.1) is 6.04 Å². The van der Waals surface area contributed by atoms with Gasteiger partial charge in [-0.1, -0.05) is 0 Å². The zero-order valence-electron chi connectivity index (χ0n) is 3.78. The molecule has 1 heteroatoms. The molecule has 1 saturated carbocycles. The van der Waals surface area contributed by atoms with Gasteiger partial charge in [-0.05, 0) is 12.8 Å². The minimum Gasteiger partial charge on any atom is -0.293 e. The highest BCUT2D eigenvalue weighted by atomic mass is 15.3. The normalized spacial score (nSPS) is 34.0. The van der Waals surface area contributed by atoms with Crippen molar-refractivity contribution in [1.82, 2.24) is 4.90 Å². The van der Waals surface area contributed by atoms with Crippen LogP contribution in [0.25, 0.3) is 0 Å². The molecule has 0 unspecified atom stereocenters. The maximum absolute atomic E-state index is 2.44. The Morgan fingerprint density at radius 2 is 1.83 bits per heavy atom. The van der Waals surface area contributed by atoms with Crippen molar-refractivity contribution in [2.24, 2.45) is 0 Å². The Kier molecular flexibility index (Phi) is 0.396. The van der Waals surface area contributed by atoms with Gasteiger partial charge in [0.25, 0.3) is 0 Å². The molecule has 0 aromatic heterocycles. The third-order valence-corrected chi connectivity index (χ3v) is 1.37. The molecule has 0 aromatic carbocycles. The number of hydrogen-bond donors (Lipinski definition) is 0. The Labute approximate surface area is 37.9 Å². The van der Waals surface area contributed by atoms with Gasteiger partial charge in [0.05, 0.1) is 0 Å². The highest BCUT2D eigenvalue weighted by Gasteiger charge is 2.35. The zero-order valence-corrected chi connectivity index (χ0v) is 3.78. The van der Waals surface area contributed by atoms with E-state index >= 15 is 0 Å². The summed E-state index contributed by atoms with van der Waals surface area (Å²) in [7, 11) is 0. The van der Waals surface area contributed by atoms with Crippen LogP contribution in [0.3, 0.4) is 0 Å². The maximum atomic E-state index is 2.44. The van der Waals surface area contributed by atoms with Crippen LogP contribution in [0.2, 0.25) is 0 Å². The lowest BCUT2D eigenvalue weighted by Gasteiger charge is -1.84. The van der Waals surface area contributed by atoms with Gasteiger partial charge in [-0.15, -0.1) is 0 Å². The lowest BCUT2D eigenvalue weighted by atomic mass is 10.7. The van der Waals surface area contributed by atoms with Crippen LogP contribution in [-0.2, 0) is 0 Å². The summed E-state index contributed by atoms with van der Waals surface area (Å²) in [5, 5.41) is 0. The molecule has 0 bridgehead atoms. The molecule has 0 spiro atoms. The molecular formula is C5H8N. The largest absolute Gasteiger partial charge is 0.293 e. The molecule has 1 saturated heterocycles. The van der Waals surface area contributed by atoms with Gasteiger partial charge >= 0.3 is 0 Å². The molecule has 0 aromatic rings. The second-order valence-electron chi connectivity index (χ2n) is 2.05. The van der Waals surface area contributed by atoms with E-state index in [1.54, 1.807) is 6.04 Å². The molecule has 1 aliphatic carbocycles. The van der Waals surface area contributed by atoms with Crippen LogP contribution < -0.4 is 0 Å². The van der Waals surface area contributed by atoms with Gasteiger partial charge in [0.15, 0.2) is 0 Å². The minimum absolute atomic E-state index is 1.36. The molecule has 33 valence electrons. The summed E-state index contributed by atoms with van der Waals surface area (Å²) in [6.45, 7) is 2.71. The summed E-state index contributed by atoms with van der Waals surface area (Å²) in [6.07, 6.45) is 2.81. The maximum Gasteiger partial charge on any atom is 0.0395 e. The van der Waals surface area contributed by atoms with Gasteiger partial charge in [0, 0.05) is 19.1 Å². The molecule has 1 aliphatic heterocycles. The van der Waals surface area contributed by atoms with E-state index in [0.717, 1.165) is 0 Å². The summed E-state index contributed by atoms with van der Waals surface area (Å²) in [5.74, 6) is 0. The van der Waals surface area contributed by atoms with Crippen molar-refractivity contribution in [2.75, 3.05) is 13.1 Å². The zero-order chi connectivity index (χ0) is 3.98. The summed E-state index contributed by atoms with van der Waals surface area (Å²) in [5.41, 5.74) is 0. The molecule has 1 heterocycles. The fraction of sp³-hybridized carbons (Fsp3) is 0.800. The summed E-state index contributed by atoms with van der Waals surface area (Å²) in [6, 6.07) is 1.70. The van der Waals surface area contributed by atoms with E-state index in [1.807, 2.05) is 0 Å². The Balaban J connectivity index is 1.92. The first-order chi connectivity index (χ1) is 2.97. The van der Waals surface area contributed by atoms with E-state index in [4.69, 9.17) is 0 Å². The van der Waals surface area contributed by atoms with Gasteiger partial charge < -0.3 is 0 Å². The lowest BCUT2D eigenvalue weighted by Crippen LogP contribution is -1.86. The first-order valence-electron chi connectivity index (χ1n) is 2.56. The number of rotatable bonds is 1. The van der Waals surface area contributed by atoms with Crippen molar-refractivity contribution in [2.45, 2.75) is 12.8 Å². The predicted octanol–water partition coefficient (Wildman–Crippen LogP) is 0.628. The highest BCUT2D eigenvalue weighted by Crippen LogP contribution is 2.39. The standard InChI is InChI=1S/C5H8N/c1-2-5(1)6-3-4-6/h1-4H2. The molecule has 1 radical (unpaired) electrons. The molecule has 2 aliphatic rings. The molecule has 0 N–H and O–H groups in total. The third kappa shape index (κ3) is 0.350. The van der Waals surface area contributed by atoms with Crippen LogP contribution in [0.4, 0.5) is 0 Å². The average molecular weight is 82.1 g/mol. The van der Waals surface area contributed by atoms with Gasteiger partial charge in [0.1, 0.15) is 0 Å². The first-order valence-corrected chi connectivity index (χ1v) is 2.56. The molecule has 0 atom stereocenters. The van der Waals surface area contributed by atoms with Crippen molar-refractivity contribution >= 4 is 0 Å². The van der Waals surface area contributed by atoms with Gasteiger partial charge in [-0.3, -0.25) is 4.90 Å². The third-order valence-electron chi connectivity index (χ3n) is 1.37. The van der Waals surface area contributed by atoms with Crippen LogP contribution in [-0.4, -0.2) is 18.0 Å². The summed E-state index contributed by atoms with van der Waals surface area (Å²) >= 11 is 0. The Morgan fingerprint density at radius 1 is 1.17 bits per heavy atom. The van der Waals surface area contributed by atoms with Gasteiger partial charge in [0.2, 0.25) is 0 Å². The SMILES string of the molecule is C1C[C]1N1CC1. The van der Waals surface area contributed by atoms with E-state index in [2.05, 4.69) is 4.90 Å². The van der Waals surface area contributed by atoms with Crippen LogP contribution in [0.15, 0.2) is 0 Å². The van der Waals surface area contributed by atoms with Crippen LogP contribution >= 0.6 is 0 Å². The first kappa shape index (κ1) is 3.03. The molecule has 2 fully saturated rings. The van der Waals surface area contributed by atoms with Crippen molar-refractivity contribution in [1.29, 1.82) is 0 Å². The van der Waals surface area contributed by atoms with E-state index in [0.29, 0.717) is 0 Å². The van der Waals surface area contributed by atoms with Gasteiger partial charge in [-0.25, -0.2) is 0 Å². The smallest absolute Gasteiger partial charge is 0.0395 e. The Bertz CT molecular complexity index is 52.3. The van der Waals surface area contributed by atoms with Crippen molar-refractivity contribution in [3.63, 3.8) is 0 Å². The molecule has 2 rings (SSSR count). The van der Waals surface area contributed by atoms with Crippen LogP contribution in [0.5, 0.6) is 0 Å². The average Bonchev–Trinajstić information content (AvgIpc) is 2.26. The van der Waals surface area contributed by atoms with E-state index in [1.165, 1.54) is 25.9 Å². The van der Waals surface area contributed by atoms with Crippen LogP contribution in [0.1, 0.15) is 12.8 Å². The predicted molar refractivity (Wildman–Crippen MR) is 24.0 cm³/mol.